The van der Waals surface area contributed by atoms with Crippen molar-refractivity contribution in [3.05, 3.63) is 89.0 Å². The monoisotopic (exact) mass is 616 g/mol. The topological polar surface area (TPSA) is 55.9 Å². The smallest absolute Gasteiger partial charge is 0.369 e. The minimum Gasteiger partial charge on any atom is -0.369 e. The quantitative estimate of drug-likeness (QED) is 0.347. The van der Waals surface area contributed by atoms with Crippen LogP contribution in [0.15, 0.2) is 66.7 Å². The van der Waals surface area contributed by atoms with Crippen LogP contribution in [-0.4, -0.2) is 73.1 Å². The molecule has 3 aromatic carbocycles. The molecule has 7 rings (SSSR count). The maximum absolute atomic E-state index is 13.8. The van der Waals surface area contributed by atoms with Gasteiger partial charge in [-0.05, 0) is 65.8 Å². The molecule has 9 heteroatoms. The van der Waals surface area contributed by atoms with Crippen LogP contribution in [0.5, 0.6) is 0 Å². The number of amides is 2. The summed E-state index contributed by atoms with van der Waals surface area (Å²) >= 11 is 0. The minimum atomic E-state index is -4.50. The summed E-state index contributed by atoms with van der Waals surface area (Å²) in [4.78, 5) is 33.9. The van der Waals surface area contributed by atoms with Crippen LogP contribution in [0.25, 0.3) is 11.1 Å². The predicted octanol–water partition coefficient (Wildman–Crippen LogP) is 6.13. The maximum Gasteiger partial charge on any atom is 0.405 e. The molecule has 3 aromatic rings. The summed E-state index contributed by atoms with van der Waals surface area (Å²) in [6.45, 7) is 2.94. The molecular formula is C36H39F3N4O2. The summed E-state index contributed by atoms with van der Waals surface area (Å²) in [5.41, 5.74) is 5.09. The van der Waals surface area contributed by atoms with Gasteiger partial charge < -0.3 is 15.1 Å². The van der Waals surface area contributed by atoms with Crippen molar-refractivity contribution in [2.24, 2.45) is 0 Å². The van der Waals surface area contributed by atoms with Crippen molar-refractivity contribution in [2.45, 2.75) is 62.7 Å². The van der Waals surface area contributed by atoms with E-state index in [4.69, 9.17) is 0 Å². The van der Waals surface area contributed by atoms with Gasteiger partial charge in [0.05, 0.1) is 0 Å². The number of fused-ring (bicyclic) bond motifs is 4. The first-order chi connectivity index (χ1) is 21.7. The molecule has 2 fully saturated rings. The molecule has 2 aliphatic heterocycles. The van der Waals surface area contributed by atoms with Crippen LogP contribution < -0.4 is 10.2 Å². The van der Waals surface area contributed by atoms with Crippen molar-refractivity contribution < 1.29 is 22.8 Å². The van der Waals surface area contributed by atoms with Crippen molar-refractivity contribution in [1.82, 2.24) is 15.1 Å². The average Bonchev–Trinajstić information content (AvgIpc) is 3.55. The number of alkyl halides is 3. The van der Waals surface area contributed by atoms with Crippen LogP contribution >= 0.6 is 0 Å². The zero-order chi connectivity index (χ0) is 31.2. The number of hydrogen-bond donors (Lipinski definition) is 1. The number of carbonyl (C=O) groups excluding carboxylic acids is 2. The third kappa shape index (κ3) is 5.49. The number of piperazine rings is 1. The molecule has 0 bridgehead atoms. The highest BCUT2D eigenvalue weighted by Gasteiger charge is 2.49. The van der Waals surface area contributed by atoms with Gasteiger partial charge in [-0.3, -0.25) is 14.5 Å². The Morgan fingerprint density at radius 3 is 2.13 bits per heavy atom. The lowest BCUT2D eigenvalue weighted by atomic mass is 9.74. The van der Waals surface area contributed by atoms with Gasteiger partial charge in [0.2, 0.25) is 5.91 Å². The van der Waals surface area contributed by atoms with Gasteiger partial charge in [0.25, 0.3) is 5.91 Å². The molecule has 2 aliphatic carbocycles. The molecular weight excluding hydrogens is 577 g/mol. The molecule has 2 heterocycles. The Bertz CT molecular complexity index is 1550. The number of carbonyl (C=O) groups is 2. The SMILES string of the molecule is O=C1c2cc(N3CCN(CCC4(C(=O)NCC(F)(F)F)c5ccccc5-c5ccccc54)CC3)ccc2CN1C1CCCCC1. The fourth-order valence-corrected chi connectivity index (χ4v) is 8.04. The third-order valence-electron chi connectivity index (χ3n) is 10.4. The van der Waals surface area contributed by atoms with E-state index in [1.807, 2.05) is 48.5 Å². The second kappa shape index (κ2) is 11.8. The first-order valence-corrected chi connectivity index (χ1v) is 16.2. The van der Waals surface area contributed by atoms with E-state index in [-0.39, 0.29) is 5.91 Å². The van der Waals surface area contributed by atoms with Crippen LogP contribution in [-0.2, 0) is 16.8 Å². The van der Waals surface area contributed by atoms with Gasteiger partial charge in [0.15, 0.2) is 0 Å². The molecule has 45 heavy (non-hydrogen) atoms. The number of halogens is 3. The maximum atomic E-state index is 13.8. The number of nitrogens with zero attached hydrogens (tertiary/aromatic N) is 3. The Kier molecular flexibility index (Phi) is 7.84. The molecule has 0 spiro atoms. The van der Waals surface area contributed by atoms with Gasteiger partial charge in [-0.15, -0.1) is 0 Å². The van der Waals surface area contributed by atoms with Crippen molar-refractivity contribution >= 4 is 17.5 Å². The summed E-state index contributed by atoms with van der Waals surface area (Å²) in [6.07, 6.45) is 1.70. The largest absolute Gasteiger partial charge is 0.405 e. The summed E-state index contributed by atoms with van der Waals surface area (Å²) in [5, 5.41) is 2.23. The van der Waals surface area contributed by atoms with E-state index in [0.29, 0.717) is 25.6 Å². The first-order valence-electron chi connectivity index (χ1n) is 16.2. The fourth-order valence-electron chi connectivity index (χ4n) is 8.04. The number of rotatable bonds is 7. The zero-order valence-electron chi connectivity index (χ0n) is 25.4. The van der Waals surface area contributed by atoms with E-state index in [1.54, 1.807) is 0 Å². The number of benzene rings is 3. The Morgan fingerprint density at radius 1 is 0.844 bits per heavy atom. The molecule has 2 amide bonds. The summed E-state index contributed by atoms with van der Waals surface area (Å²) in [5.74, 6) is -0.454. The Morgan fingerprint density at radius 2 is 1.49 bits per heavy atom. The second-order valence-corrected chi connectivity index (χ2v) is 12.9. The zero-order valence-corrected chi connectivity index (χ0v) is 25.4. The summed E-state index contributed by atoms with van der Waals surface area (Å²) in [7, 11) is 0. The van der Waals surface area contributed by atoms with E-state index in [1.165, 1.54) is 19.3 Å². The van der Waals surface area contributed by atoms with Gasteiger partial charge in [0.1, 0.15) is 12.0 Å². The van der Waals surface area contributed by atoms with Crippen LogP contribution in [0.1, 0.15) is 65.6 Å². The molecule has 1 saturated heterocycles. The lowest BCUT2D eigenvalue weighted by molar-refractivity contribution is -0.141. The standard InChI is InChI=1S/C36H39F3N4O2/c37-36(38,39)24-40-34(45)35(31-12-6-4-10-28(31)29-11-5-7-13-32(29)35)16-17-41-18-20-42(21-19-41)27-15-14-25-23-43(33(44)30(25)22-27)26-8-2-1-3-9-26/h4-7,10-15,22,26H,1-3,8-9,16-21,23-24H2,(H,40,45). The van der Waals surface area contributed by atoms with Crippen LogP contribution in [0.2, 0.25) is 0 Å². The van der Waals surface area contributed by atoms with E-state index in [9.17, 15) is 22.8 Å². The molecule has 0 unspecified atom stereocenters. The lowest BCUT2D eigenvalue weighted by Gasteiger charge is -2.38. The highest BCUT2D eigenvalue weighted by Crippen LogP contribution is 2.51. The summed E-state index contributed by atoms with van der Waals surface area (Å²) in [6, 6.07) is 21.8. The second-order valence-electron chi connectivity index (χ2n) is 12.9. The van der Waals surface area contributed by atoms with Gasteiger partial charge >= 0.3 is 6.18 Å². The van der Waals surface area contributed by atoms with Crippen molar-refractivity contribution in [3.63, 3.8) is 0 Å². The molecule has 0 radical (unpaired) electrons. The number of nitrogens with one attached hydrogen (secondary N) is 1. The average molecular weight is 617 g/mol. The van der Waals surface area contributed by atoms with Crippen molar-refractivity contribution in [1.29, 1.82) is 0 Å². The molecule has 1 N–H and O–H groups in total. The molecule has 6 nitrogen and oxygen atoms in total. The molecule has 236 valence electrons. The van der Waals surface area contributed by atoms with E-state index >= 15 is 0 Å². The van der Waals surface area contributed by atoms with E-state index < -0.39 is 24.0 Å². The highest BCUT2D eigenvalue weighted by molar-refractivity contribution is 6.01. The molecule has 0 atom stereocenters. The Labute approximate surface area is 262 Å². The summed E-state index contributed by atoms with van der Waals surface area (Å²) < 4.78 is 39.7. The van der Waals surface area contributed by atoms with Crippen LogP contribution in [0, 0.1) is 0 Å². The highest BCUT2D eigenvalue weighted by atomic mass is 19.4. The van der Waals surface area contributed by atoms with E-state index in [2.05, 4.69) is 38.2 Å². The normalized spacial score (nSPS) is 19.8. The minimum absolute atomic E-state index is 0.156. The van der Waals surface area contributed by atoms with Crippen LogP contribution in [0.3, 0.4) is 0 Å². The van der Waals surface area contributed by atoms with Gasteiger partial charge in [-0.25, -0.2) is 0 Å². The van der Waals surface area contributed by atoms with Crippen LogP contribution in [0.4, 0.5) is 18.9 Å². The van der Waals surface area contributed by atoms with E-state index in [0.717, 1.165) is 78.1 Å². The fraction of sp³-hybridized carbons (Fsp3) is 0.444. The third-order valence-corrected chi connectivity index (χ3v) is 10.4. The molecule has 1 saturated carbocycles. The number of hydrogen-bond acceptors (Lipinski definition) is 4. The first kappa shape index (κ1) is 29.8. The lowest BCUT2D eigenvalue weighted by Crippen LogP contribution is -2.51. The van der Waals surface area contributed by atoms with Crippen molar-refractivity contribution in [2.75, 3.05) is 44.2 Å². The van der Waals surface area contributed by atoms with Gasteiger partial charge in [0, 0.05) is 50.0 Å². The van der Waals surface area contributed by atoms with Gasteiger partial charge in [-0.1, -0.05) is 73.9 Å². The molecule has 4 aliphatic rings. The molecule has 0 aromatic heterocycles. The number of anilines is 1. The van der Waals surface area contributed by atoms with Gasteiger partial charge in [-0.2, -0.15) is 13.2 Å². The Balaban J connectivity index is 1.05. The Hall–Kier alpha value is -3.85. The predicted molar refractivity (Wildman–Crippen MR) is 168 cm³/mol. The van der Waals surface area contributed by atoms with Crippen molar-refractivity contribution in [3.8, 4) is 11.1 Å².